The minimum atomic E-state index is -4.92. The fourth-order valence-electron chi connectivity index (χ4n) is 8.35. The lowest BCUT2D eigenvalue weighted by atomic mass is 9.99. The molecule has 4 N–H and O–H groups in total. The number of carbonyl (C=O) groups is 7. The summed E-state index contributed by atoms with van der Waals surface area (Å²) in [4.78, 5) is 102. The second-order valence-electron chi connectivity index (χ2n) is 15.9. The van der Waals surface area contributed by atoms with E-state index in [1.54, 1.807) is 30.3 Å². The summed E-state index contributed by atoms with van der Waals surface area (Å²) in [5.74, 6) is -4.49. The van der Waals surface area contributed by atoms with Crippen molar-refractivity contribution < 1.29 is 56.2 Å². The van der Waals surface area contributed by atoms with Gasteiger partial charge in [0.15, 0.2) is 0 Å². The fraction of sp³-hybridized carbons (Fsp3) is 0.537. The topological polar surface area (TPSA) is 196 Å². The first-order valence-corrected chi connectivity index (χ1v) is 20.2. The first-order valence-electron chi connectivity index (χ1n) is 20.2. The number of halogens is 3. The van der Waals surface area contributed by atoms with Crippen molar-refractivity contribution in [1.29, 1.82) is 0 Å². The van der Waals surface area contributed by atoms with Gasteiger partial charge in [0.2, 0.25) is 29.5 Å². The number of carbonyl (C=O) groups excluding carboxylic acids is 7. The summed E-state index contributed by atoms with van der Waals surface area (Å²) in [7, 11) is 0. The summed E-state index contributed by atoms with van der Waals surface area (Å²) < 4.78 is 47.8. The van der Waals surface area contributed by atoms with Gasteiger partial charge in [0.05, 0.1) is 0 Å². The third kappa shape index (κ3) is 10.5. The minimum Gasteiger partial charge on any atom is -0.458 e. The van der Waals surface area contributed by atoms with E-state index in [0.29, 0.717) is 31.2 Å². The predicted molar refractivity (Wildman–Crippen MR) is 208 cm³/mol. The largest absolute Gasteiger partial charge is 0.573 e. The number of amides is 7. The number of nitrogens with zero attached hydrogens (tertiary/aromatic N) is 3. The number of cyclic esters (lactones) is 1. The second kappa shape index (κ2) is 18.6. The summed E-state index contributed by atoms with van der Waals surface area (Å²) in [5, 5.41) is 10.5. The van der Waals surface area contributed by atoms with E-state index >= 15 is 0 Å². The van der Waals surface area contributed by atoms with E-state index < -0.39 is 96.0 Å². The highest BCUT2D eigenvalue weighted by atomic mass is 19.4. The van der Waals surface area contributed by atoms with E-state index in [2.05, 4.69) is 26.0 Å². The van der Waals surface area contributed by atoms with Crippen LogP contribution in [0.2, 0.25) is 0 Å². The summed E-state index contributed by atoms with van der Waals surface area (Å²) in [6, 6.07) is 5.19. The highest BCUT2D eigenvalue weighted by Crippen LogP contribution is 2.29. The van der Waals surface area contributed by atoms with Crippen LogP contribution in [0.3, 0.4) is 0 Å². The van der Waals surface area contributed by atoms with E-state index in [9.17, 15) is 46.7 Å². The van der Waals surface area contributed by atoms with Crippen molar-refractivity contribution in [2.45, 2.75) is 114 Å². The van der Waals surface area contributed by atoms with Gasteiger partial charge >= 0.3 is 18.4 Å². The van der Waals surface area contributed by atoms with Crippen LogP contribution in [-0.4, -0.2) is 125 Å². The molecule has 2 aromatic rings. The second-order valence-corrected chi connectivity index (χ2v) is 15.9. The van der Waals surface area contributed by atoms with Gasteiger partial charge in [-0.3, -0.25) is 24.0 Å². The molecular formula is C41H50F3N7O9. The fourth-order valence-corrected chi connectivity index (χ4v) is 8.35. The van der Waals surface area contributed by atoms with Crippen molar-refractivity contribution in [2.75, 3.05) is 25.0 Å². The van der Waals surface area contributed by atoms with E-state index in [0.717, 1.165) is 12.1 Å². The van der Waals surface area contributed by atoms with Gasteiger partial charge in [-0.05, 0) is 88.1 Å². The molecule has 19 heteroatoms. The van der Waals surface area contributed by atoms with E-state index in [4.69, 9.17) is 4.74 Å². The number of piperidine rings is 1. The van der Waals surface area contributed by atoms with Crippen LogP contribution in [0.25, 0.3) is 0 Å². The van der Waals surface area contributed by atoms with Crippen LogP contribution in [0, 0.1) is 5.92 Å². The molecule has 0 spiro atoms. The lowest BCUT2D eigenvalue weighted by Gasteiger charge is -2.39. The molecule has 0 bridgehead atoms. The lowest BCUT2D eigenvalue weighted by molar-refractivity contribution is -0.274. The van der Waals surface area contributed by atoms with Crippen molar-refractivity contribution in [1.82, 2.24) is 30.7 Å². The van der Waals surface area contributed by atoms with E-state index in [-0.39, 0.29) is 50.5 Å². The lowest BCUT2D eigenvalue weighted by Crippen LogP contribution is -2.63. The summed E-state index contributed by atoms with van der Waals surface area (Å²) >= 11 is 0. The third-order valence-electron chi connectivity index (χ3n) is 11.3. The molecule has 6 rings (SSSR count). The van der Waals surface area contributed by atoms with Crippen molar-refractivity contribution in [3.8, 4) is 5.75 Å². The number of urea groups is 1. The highest BCUT2D eigenvalue weighted by Gasteiger charge is 2.47. The molecule has 0 aliphatic carbocycles. The van der Waals surface area contributed by atoms with Crippen molar-refractivity contribution in [2.24, 2.45) is 5.92 Å². The average Bonchev–Trinajstić information content (AvgIpc) is 3.86. The Balaban J connectivity index is 1.29. The molecule has 0 saturated carbocycles. The molecule has 4 heterocycles. The summed E-state index contributed by atoms with van der Waals surface area (Å²) in [6.45, 7) is 5.41. The predicted octanol–water partition coefficient (Wildman–Crippen LogP) is 2.86. The smallest absolute Gasteiger partial charge is 0.458 e. The molecule has 0 aromatic heterocycles. The standard InChI is InChI=1S/C41H50F3N7O9/c1-23-20-32-39(57)59-25(3)33(38(56)50-19-9-13-31(50)37(55)49-18-8-7-12-30(49)35(53)45-24(2)36(54)51(32)22-23)48-34(52)29(21-26-10-5-4-6-11-26)47-40(58)46-27-14-16-28(17-15-27)60-41(42,43)44/h4-6,10-11,14-17,23-25,29-33H,7-9,12-13,18-22H2,1-3H3,(H,45,53)(H,48,52)(H2,46,47,58)/t23-,24-,25-,29-,30-,31-,32-,33-/m0/s1. The van der Waals surface area contributed by atoms with Gasteiger partial charge in [-0.1, -0.05) is 37.3 Å². The summed E-state index contributed by atoms with van der Waals surface area (Å²) in [5.41, 5.74) is 0.700. The minimum absolute atomic E-state index is 0.0774. The van der Waals surface area contributed by atoms with Gasteiger partial charge in [0, 0.05) is 31.7 Å². The molecule has 60 heavy (non-hydrogen) atoms. The zero-order valence-corrected chi connectivity index (χ0v) is 33.5. The Bertz CT molecular complexity index is 1940. The molecule has 0 unspecified atom stereocenters. The molecule has 8 atom stereocenters. The monoisotopic (exact) mass is 841 g/mol. The maximum Gasteiger partial charge on any atom is 0.573 e. The third-order valence-corrected chi connectivity index (χ3v) is 11.3. The van der Waals surface area contributed by atoms with Gasteiger partial charge in [0.25, 0.3) is 0 Å². The number of hydrogen-bond donors (Lipinski definition) is 4. The Labute approximate surface area is 344 Å². The number of esters is 1. The van der Waals surface area contributed by atoms with Crippen LogP contribution in [0.15, 0.2) is 54.6 Å². The number of nitrogens with one attached hydrogen (secondary N) is 4. The maximum atomic E-state index is 14.7. The van der Waals surface area contributed by atoms with Crippen molar-refractivity contribution in [3.05, 3.63) is 60.2 Å². The van der Waals surface area contributed by atoms with Gasteiger partial charge in [-0.15, -0.1) is 13.2 Å². The van der Waals surface area contributed by atoms with Crippen molar-refractivity contribution >= 4 is 47.2 Å². The van der Waals surface area contributed by atoms with Crippen LogP contribution >= 0.6 is 0 Å². The number of rotatable bonds is 7. The van der Waals surface area contributed by atoms with Crippen LogP contribution < -0.4 is 26.0 Å². The van der Waals surface area contributed by atoms with Crippen LogP contribution in [0.5, 0.6) is 5.75 Å². The number of fused-ring (bicyclic) bond motifs is 3. The molecule has 324 valence electrons. The van der Waals surface area contributed by atoms with Gasteiger partial charge < -0.3 is 45.4 Å². The number of anilines is 1. The normalized spacial score (nSPS) is 27.2. The number of ether oxygens (including phenoxy) is 2. The van der Waals surface area contributed by atoms with Gasteiger partial charge in [-0.25, -0.2) is 9.59 Å². The Kier molecular flexibility index (Phi) is 13.5. The molecule has 4 aliphatic heterocycles. The number of alkyl halides is 3. The zero-order valence-electron chi connectivity index (χ0n) is 33.5. The zero-order chi connectivity index (χ0) is 43.3. The van der Waals surface area contributed by atoms with Gasteiger partial charge in [0.1, 0.15) is 48.1 Å². The Morgan fingerprint density at radius 1 is 0.833 bits per heavy atom. The first-order chi connectivity index (χ1) is 28.5. The number of hydrogen-bond acceptors (Lipinski definition) is 9. The van der Waals surface area contributed by atoms with Crippen LogP contribution in [-0.2, 0) is 39.9 Å². The molecule has 4 aliphatic rings. The Morgan fingerprint density at radius 3 is 2.20 bits per heavy atom. The van der Waals surface area contributed by atoms with Crippen LogP contribution in [0.4, 0.5) is 23.7 Å². The SMILES string of the molecule is C[C@H]1C[C@H]2C(=O)O[C@@H](C)[C@H](NC(=O)[C@H](Cc3ccccc3)NC(=O)Nc3ccc(OC(F)(F)F)cc3)C(=O)N3CCC[C@H]3C(=O)N3CCCC[C@H]3C(=O)N[C@@H](C)C(=O)N2C1. The van der Waals surface area contributed by atoms with E-state index in [1.165, 1.54) is 40.7 Å². The van der Waals surface area contributed by atoms with Crippen molar-refractivity contribution in [3.63, 3.8) is 0 Å². The average molecular weight is 842 g/mol. The summed E-state index contributed by atoms with van der Waals surface area (Å²) in [6.07, 6.45) is -3.73. The van der Waals surface area contributed by atoms with E-state index in [1.807, 2.05) is 6.92 Å². The first kappa shape index (κ1) is 43.7. The molecule has 0 radical (unpaired) electrons. The molecule has 4 fully saturated rings. The van der Waals surface area contributed by atoms with Crippen LogP contribution in [0.1, 0.15) is 64.9 Å². The highest BCUT2D eigenvalue weighted by molar-refractivity contribution is 5.98. The molecule has 2 aromatic carbocycles. The maximum absolute atomic E-state index is 14.7. The molecule has 16 nitrogen and oxygen atoms in total. The molecule has 7 amide bonds. The van der Waals surface area contributed by atoms with Gasteiger partial charge in [-0.2, -0.15) is 0 Å². The quantitative estimate of drug-likeness (QED) is 0.303. The molecular weight excluding hydrogens is 791 g/mol. The Hall–Kier alpha value is -5.88. The Morgan fingerprint density at radius 2 is 1.50 bits per heavy atom. The number of benzene rings is 2. The molecule has 4 saturated heterocycles.